The molecule has 0 radical (unpaired) electrons. The summed E-state index contributed by atoms with van der Waals surface area (Å²) in [5, 5.41) is 3.20. The van der Waals surface area contributed by atoms with E-state index in [0.717, 1.165) is 22.6 Å². The van der Waals surface area contributed by atoms with Crippen LogP contribution in [0.5, 0.6) is 5.75 Å². The zero-order valence-electron chi connectivity index (χ0n) is 12.8. The molecular weight excluding hydrogens is 278 g/mol. The average Bonchev–Trinajstić information content (AvgIpc) is 2.53. The lowest BCUT2D eigenvalue weighted by Crippen LogP contribution is -2.31. The van der Waals surface area contributed by atoms with Crippen LogP contribution in [0.2, 0.25) is 0 Å². The Balaban J connectivity index is 1.95. The molecule has 22 heavy (non-hydrogen) atoms. The van der Waals surface area contributed by atoms with E-state index in [9.17, 15) is 4.79 Å². The van der Waals surface area contributed by atoms with E-state index in [0.29, 0.717) is 18.7 Å². The number of hydrogen-bond donors (Lipinski definition) is 3. The first-order chi connectivity index (χ1) is 10.6. The molecule has 0 bridgehead atoms. The Morgan fingerprint density at radius 3 is 2.68 bits per heavy atom. The summed E-state index contributed by atoms with van der Waals surface area (Å²) in [4.78, 5) is 11.8. The van der Waals surface area contributed by atoms with Gasteiger partial charge < -0.3 is 10.1 Å². The highest BCUT2D eigenvalue weighted by Crippen LogP contribution is 2.18. The number of anilines is 1. The average molecular weight is 299 g/mol. The van der Waals surface area contributed by atoms with Gasteiger partial charge in [-0.3, -0.25) is 10.2 Å². The lowest BCUT2D eigenvalue weighted by Gasteiger charge is -2.13. The number of nitrogen functional groups attached to an aromatic ring is 1. The van der Waals surface area contributed by atoms with E-state index in [2.05, 4.69) is 10.7 Å². The number of carbonyl (C=O) groups is 1. The van der Waals surface area contributed by atoms with Crippen LogP contribution in [-0.4, -0.2) is 19.1 Å². The van der Waals surface area contributed by atoms with E-state index in [4.69, 9.17) is 10.6 Å². The molecule has 0 aliphatic heterocycles. The number of benzene rings is 2. The molecule has 5 nitrogen and oxygen atoms in total. The second-order valence-corrected chi connectivity index (χ2v) is 5.06. The van der Waals surface area contributed by atoms with Gasteiger partial charge >= 0.3 is 0 Å². The van der Waals surface area contributed by atoms with E-state index in [-0.39, 0.29) is 5.91 Å². The number of aryl methyl sites for hydroxylation is 2. The van der Waals surface area contributed by atoms with Crippen LogP contribution in [0.25, 0.3) is 0 Å². The number of rotatable bonds is 6. The van der Waals surface area contributed by atoms with Gasteiger partial charge in [-0.15, -0.1) is 0 Å². The molecule has 0 aromatic heterocycles. The lowest BCUT2D eigenvalue weighted by atomic mass is 10.1. The number of para-hydroxylation sites is 1. The Kier molecular flexibility index (Phi) is 5.38. The van der Waals surface area contributed by atoms with Crippen molar-refractivity contribution in [1.29, 1.82) is 0 Å². The molecule has 2 aromatic rings. The standard InChI is InChI=1S/C17H21N3O2/c1-12-7-8-15(14(11-12)17(21)20-18)19-9-10-22-16-6-4-3-5-13(16)2/h3-8,11,19H,9-10,18H2,1-2H3,(H,20,21). The summed E-state index contributed by atoms with van der Waals surface area (Å²) >= 11 is 0. The second kappa shape index (κ2) is 7.47. The number of hydrazine groups is 1. The van der Waals surface area contributed by atoms with Crippen LogP contribution in [0, 0.1) is 13.8 Å². The SMILES string of the molecule is Cc1ccc(NCCOc2ccccc2C)c(C(=O)NN)c1. The summed E-state index contributed by atoms with van der Waals surface area (Å²) in [5.41, 5.74) is 5.53. The molecule has 0 fully saturated rings. The summed E-state index contributed by atoms with van der Waals surface area (Å²) in [5.74, 6) is 5.77. The normalized spacial score (nSPS) is 10.1. The van der Waals surface area contributed by atoms with E-state index >= 15 is 0 Å². The topological polar surface area (TPSA) is 76.4 Å². The molecule has 0 spiro atoms. The molecule has 0 aliphatic rings. The Morgan fingerprint density at radius 1 is 1.18 bits per heavy atom. The monoisotopic (exact) mass is 299 g/mol. The van der Waals surface area contributed by atoms with Crippen LogP contribution in [0.1, 0.15) is 21.5 Å². The van der Waals surface area contributed by atoms with Gasteiger partial charge in [0.25, 0.3) is 5.91 Å². The molecule has 0 saturated carbocycles. The van der Waals surface area contributed by atoms with Crippen LogP contribution in [0.15, 0.2) is 42.5 Å². The quantitative estimate of drug-likeness (QED) is 0.331. The zero-order chi connectivity index (χ0) is 15.9. The highest BCUT2D eigenvalue weighted by Gasteiger charge is 2.10. The molecule has 0 unspecified atom stereocenters. The summed E-state index contributed by atoms with van der Waals surface area (Å²) < 4.78 is 5.72. The van der Waals surface area contributed by atoms with Gasteiger partial charge in [-0.2, -0.15) is 0 Å². The van der Waals surface area contributed by atoms with Crippen molar-refractivity contribution in [1.82, 2.24) is 5.43 Å². The van der Waals surface area contributed by atoms with Gasteiger partial charge in [-0.1, -0.05) is 29.8 Å². The minimum atomic E-state index is -0.314. The molecule has 4 N–H and O–H groups in total. The number of ether oxygens (including phenoxy) is 1. The van der Waals surface area contributed by atoms with E-state index in [1.54, 1.807) is 6.07 Å². The van der Waals surface area contributed by atoms with Gasteiger partial charge in [0.15, 0.2) is 0 Å². The molecule has 116 valence electrons. The molecule has 0 heterocycles. The van der Waals surface area contributed by atoms with Crippen molar-refractivity contribution in [3.63, 3.8) is 0 Å². The van der Waals surface area contributed by atoms with Crippen molar-refractivity contribution in [2.75, 3.05) is 18.5 Å². The molecule has 5 heteroatoms. The van der Waals surface area contributed by atoms with Gasteiger partial charge in [-0.05, 0) is 37.6 Å². The summed E-state index contributed by atoms with van der Waals surface area (Å²) in [6.45, 7) is 5.02. The molecule has 2 rings (SSSR count). The van der Waals surface area contributed by atoms with Crippen molar-refractivity contribution in [2.24, 2.45) is 5.84 Å². The van der Waals surface area contributed by atoms with E-state index in [1.165, 1.54) is 0 Å². The summed E-state index contributed by atoms with van der Waals surface area (Å²) in [6.07, 6.45) is 0. The van der Waals surface area contributed by atoms with Gasteiger partial charge in [0.1, 0.15) is 12.4 Å². The Morgan fingerprint density at radius 2 is 1.95 bits per heavy atom. The van der Waals surface area contributed by atoms with E-state index < -0.39 is 0 Å². The molecule has 2 aromatic carbocycles. The highest BCUT2D eigenvalue weighted by molar-refractivity contribution is 5.99. The number of nitrogens with one attached hydrogen (secondary N) is 2. The first-order valence-electron chi connectivity index (χ1n) is 7.15. The smallest absolute Gasteiger partial charge is 0.267 e. The fraction of sp³-hybridized carbons (Fsp3) is 0.235. The maximum atomic E-state index is 11.8. The third-order valence-corrected chi connectivity index (χ3v) is 3.32. The summed E-state index contributed by atoms with van der Waals surface area (Å²) in [7, 11) is 0. The minimum absolute atomic E-state index is 0.314. The second-order valence-electron chi connectivity index (χ2n) is 5.06. The maximum Gasteiger partial charge on any atom is 0.267 e. The van der Waals surface area contributed by atoms with Crippen LogP contribution >= 0.6 is 0 Å². The first-order valence-corrected chi connectivity index (χ1v) is 7.15. The predicted molar refractivity (Wildman–Crippen MR) is 88.0 cm³/mol. The van der Waals surface area contributed by atoms with Crippen molar-refractivity contribution in [2.45, 2.75) is 13.8 Å². The third-order valence-electron chi connectivity index (χ3n) is 3.32. The Labute approximate surface area is 130 Å². The number of nitrogens with two attached hydrogens (primary N) is 1. The fourth-order valence-corrected chi connectivity index (χ4v) is 2.14. The molecule has 0 atom stereocenters. The first kappa shape index (κ1) is 15.9. The van der Waals surface area contributed by atoms with Crippen molar-refractivity contribution < 1.29 is 9.53 Å². The largest absolute Gasteiger partial charge is 0.491 e. The lowest BCUT2D eigenvalue weighted by molar-refractivity contribution is 0.0954. The van der Waals surface area contributed by atoms with Crippen LogP contribution in [-0.2, 0) is 0 Å². The Hall–Kier alpha value is -2.53. The molecule has 0 aliphatic carbocycles. The predicted octanol–water partition coefficient (Wildman–Crippen LogP) is 2.40. The van der Waals surface area contributed by atoms with Gasteiger partial charge in [-0.25, -0.2) is 5.84 Å². The van der Waals surface area contributed by atoms with E-state index in [1.807, 2.05) is 50.2 Å². The van der Waals surface area contributed by atoms with Crippen molar-refractivity contribution in [3.8, 4) is 5.75 Å². The molecular formula is C17H21N3O2. The maximum absolute atomic E-state index is 11.8. The molecule has 1 amide bonds. The molecule has 0 saturated heterocycles. The Bertz CT molecular complexity index is 656. The van der Waals surface area contributed by atoms with Crippen molar-refractivity contribution in [3.05, 3.63) is 59.2 Å². The van der Waals surface area contributed by atoms with Gasteiger partial charge in [0.05, 0.1) is 5.56 Å². The minimum Gasteiger partial charge on any atom is -0.491 e. The zero-order valence-corrected chi connectivity index (χ0v) is 12.8. The summed E-state index contributed by atoms with van der Waals surface area (Å²) in [6, 6.07) is 13.5. The van der Waals surface area contributed by atoms with Crippen LogP contribution in [0.3, 0.4) is 0 Å². The number of amides is 1. The van der Waals surface area contributed by atoms with Crippen molar-refractivity contribution >= 4 is 11.6 Å². The van der Waals surface area contributed by atoms with Gasteiger partial charge in [0, 0.05) is 12.2 Å². The fourth-order valence-electron chi connectivity index (χ4n) is 2.14. The number of hydrogen-bond acceptors (Lipinski definition) is 4. The third kappa shape index (κ3) is 3.99. The number of carbonyl (C=O) groups excluding carboxylic acids is 1. The van der Waals surface area contributed by atoms with Crippen LogP contribution < -0.4 is 21.3 Å². The van der Waals surface area contributed by atoms with Gasteiger partial charge in [0.2, 0.25) is 0 Å². The van der Waals surface area contributed by atoms with Crippen LogP contribution in [0.4, 0.5) is 5.69 Å². The highest BCUT2D eigenvalue weighted by atomic mass is 16.5.